The third-order valence-electron chi connectivity index (χ3n) is 4.23. The summed E-state index contributed by atoms with van der Waals surface area (Å²) in [6.45, 7) is 3.96. The minimum Gasteiger partial charge on any atom is -0.488 e. The first-order chi connectivity index (χ1) is 13.1. The first-order valence-electron chi connectivity index (χ1n) is 8.26. The molecular weight excluding hydrogens is 364 g/mol. The lowest BCUT2D eigenvalue weighted by molar-refractivity contribution is 0.102. The van der Waals surface area contributed by atoms with Gasteiger partial charge in [0.2, 0.25) is 5.13 Å². The molecule has 0 atom stereocenters. The van der Waals surface area contributed by atoms with Crippen molar-refractivity contribution >= 4 is 33.1 Å². The molecule has 0 unspecified atom stereocenters. The van der Waals surface area contributed by atoms with Crippen LogP contribution >= 0.6 is 11.3 Å². The number of anilines is 1. The van der Waals surface area contributed by atoms with Crippen LogP contribution in [0.5, 0.6) is 5.75 Å². The van der Waals surface area contributed by atoms with Gasteiger partial charge >= 0.3 is 0 Å². The molecule has 0 radical (unpaired) electrons. The van der Waals surface area contributed by atoms with Crippen LogP contribution < -0.4 is 10.1 Å². The normalized spacial score (nSPS) is 10.9. The Morgan fingerprint density at radius 1 is 1.22 bits per heavy atom. The van der Waals surface area contributed by atoms with Crippen molar-refractivity contribution in [1.82, 2.24) is 15.4 Å². The summed E-state index contributed by atoms with van der Waals surface area (Å²) in [6.07, 6.45) is 0. The van der Waals surface area contributed by atoms with Crippen molar-refractivity contribution in [2.75, 3.05) is 5.32 Å². The minimum atomic E-state index is -0.300. The van der Waals surface area contributed by atoms with Crippen LogP contribution in [0.15, 0.2) is 46.4 Å². The molecule has 0 bridgehead atoms. The summed E-state index contributed by atoms with van der Waals surface area (Å²) in [5.74, 6) is 0.884. The van der Waals surface area contributed by atoms with E-state index in [1.807, 2.05) is 50.2 Å². The Bertz CT molecular complexity index is 1090. The van der Waals surface area contributed by atoms with Gasteiger partial charge in [0.25, 0.3) is 5.91 Å². The number of nitrogens with zero attached hydrogens (tertiary/aromatic N) is 3. The number of carbonyl (C=O) groups is 1. The highest BCUT2D eigenvalue weighted by molar-refractivity contribution is 7.13. The molecule has 0 saturated carbocycles. The standard InChI is InChI=1S/C19H16N4O3S/c1-11-16(12(2)26-23-11)9-25-17-8-14-6-4-3-5-13(14)7-15(17)18(24)21-19-22-20-10-27-19/h3-8,10H,9H2,1-2H3,(H,21,22,24). The number of benzene rings is 2. The van der Waals surface area contributed by atoms with Gasteiger partial charge in [-0.2, -0.15) is 0 Å². The number of rotatable bonds is 5. The van der Waals surface area contributed by atoms with Crippen LogP contribution in [-0.4, -0.2) is 21.3 Å². The van der Waals surface area contributed by atoms with E-state index in [0.717, 1.165) is 22.0 Å². The van der Waals surface area contributed by atoms with Crippen LogP contribution in [0.25, 0.3) is 10.8 Å². The van der Waals surface area contributed by atoms with Crippen LogP contribution in [-0.2, 0) is 6.61 Å². The first-order valence-corrected chi connectivity index (χ1v) is 9.14. The van der Waals surface area contributed by atoms with E-state index in [2.05, 4.69) is 20.7 Å². The molecule has 27 heavy (non-hydrogen) atoms. The second-order valence-corrected chi connectivity index (χ2v) is 6.82. The zero-order valence-electron chi connectivity index (χ0n) is 14.7. The lowest BCUT2D eigenvalue weighted by atomic mass is 10.1. The number of nitrogens with one attached hydrogen (secondary N) is 1. The van der Waals surface area contributed by atoms with E-state index in [1.165, 1.54) is 11.3 Å². The van der Waals surface area contributed by atoms with Crippen LogP contribution in [0.1, 0.15) is 27.4 Å². The molecule has 2 aromatic carbocycles. The summed E-state index contributed by atoms with van der Waals surface area (Å²) < 4.78 is 11.2. The van der Waals surface area contributed by atoms with E-state index in [1.54, 1.807) is 5.51 Å². The van der Waals surface area contributed by atoms with Gasteiger partial charge < -0.3 is 9.26 Å². The Kier molecular flexibility index (Phi) is 4.55. The van der Waals surface area contributed by atoms with Crippen LogP contribution in [0.3, 0.4) is 0 Å². The number of carbonyl (C=O) groups excluding carboxylic acids is 1. The lowest BCUT2D eigenvalue weighted by Crippen LogP contribution is -2.14. The van der Waals surface area contributed by atoms with Gasteiger partial charge in [0.15, 0.2) is 0 Å². The Morgan fingerprint density at radius 3 is 2.67 bits per heavy atom. The molecule has 2 heterocycles. The van der Waals surface area contributed by atoms with Crippen molar-refractivity contribution in [1.29, 1.82) is 0 Å². The molecule has 0 aliphatic heterocycles. The third-order valence-corrected chi connectivity index (χ3v) is 4.83. The molecular formula is C19H16N4O3S. The molecule has 2 aromatic heterocycles. The van der Waals surface area contributed by atoms with Gasteiger partial charge in [-0.15, -0.1) is 10.2 Å². The summed E-state index contributed by atoms with van der Waals surface area (Å²) in [7, 11) is 0. The van der Waals surface area contributed by atoms with E-state index in [0.29, 0.717) is 22.2 Å². The van der Waals surface area contributed by atoms with E-state index in [-0.39, 0.29) is 12.5 Å². The number of ether oxygens (including phenoxy) is 1. The van der Waals surface area contributed by atoms with Crippen molar-refractivity contribution in [3.63, 3.8) is 0 Å². The summed E-state index contributed by atoms with van der Waals surface area (Å²) >= 11 is 1.26. The molecule has 0 saturated heterocycles. The molecule has 0 fully saturated rings. The second kappa shape index (κ2) is 7.16. The molecule has 0 spiro atoms. The Labute approximate surface area is 159 Å². The molecule has 4 rings (SSSR count). The number of fused-ring (bicyclic) bond motifs is 1. The molecule has 136 valence electrons. The smallest absolute Gasteiger partial charge is 0.261 e. The van der Waals surface area contributed by atoms with Gasteiger partial charge in [0.1, 0.15) is 23.6 Å². The molecule has 8 heteroatoms. The van der Waals surface area contributed by atoms with Gasteiger partial charge in [-0.3, -0.25) is 10.1 Å². The highest BCUT2D eigenvalue weighted by Crippen LogP contribution is 2.28. The number of aryl methyl sites for hydroxylation is 2. The predicted octanol–water partition coefficient (Wildman–Crippen LogP) is 4.13. The summed E-state index contributed by atoms with van der Waals surface area (Å²) in [4.78, 5) is 12.8. The molecule has 1 N–H and O–H groups in total. The summed E-state index contributed by atoms with van der Waals surface area (Å²) in [5, 5.41) is 16.7. The van der Waals surface area contributed by atoms with E-state index in [9.17, 15) is 4.79 Å². The Balaban J connectivity index is 1.69. The second-order valence-electron chi connectivity index (χ2n) is 5.98. The number of amides is 1. The highest BCUT2D eigenvalue weighted by Gasteiger charge is 2.17. The Morgan fingerprint density at radius 2 is 2.00 bits per heavy atom. The lowest BCUT2D eigenvalue weighted by Gasteiger charge is -2.12. The van der Waals surface area contributed by atoms with Crippen LogP contribution in [0.4, 0.5) is 5.13 Å². The zero-order valence-corrected chi connectivity index (χ0v) is 15.5. The number of hydrogen-bond donors (Lipinski definition) is 1. The van der Waals surface area contributed by atoms with Crippen LogP contribution in [0.2, 0.25) is 0 Å². The predicted molar refractivity (Wildman–Crippen MR) is 102 cm³/mol. The third kappa shape index (κ3) is 3.52. The zero-order chi connectivity index (χ0) is 18.8. The van der Waals surface area contributed by atoms with Gasteiger partial charge in [-0.25, -0.2) is 0 Å². The maximum Gasteiger partial charge on any atom is 0.261 e. The van der Waals surface area contributed by atoms with Crippen molar-refractivity contribution in [2.45, 2.75) is 20.5 Å². The molecule has 7 nitrogen and oxygen atoms in total. The maximum atomic E-state index is 12.8. The average molecular weight is 380 g/mol. The largest absolute Gasteiger partial charge is 0.488 e. The minimum absolute atomic E-state index is 0.262. The fourth-order valence-electron chi connectivity index (χ4n) is 2.77. The quantitative estimate of drug-likeness (QED) is 0.560. The van der Waals surface area contributed by atoms with Gasteiger partial charge in [-0.1, -0.05) is 40.8 Å². The van der Waals surface area contributed by atoms with Gasteiger partial charge in [0.05, 0.1) is 16.8 Å². The van der Waals surface area contributed by atoms with Crippen LogP contribution in [0, 0.1) is 13.8 Å². The molecule has 4 aromatic rings. The molecule has 1 amide bonds. The highest BCUT2D eigenvalue weighted by atomic mass is 32.1. The fraction of sp³-hybridized carbons (Fsp3) is 0.158. The van der Waals surface area contributed by atoms with Crippen molar-refractivity contribution in [3.8, 4) is 5.75 Å². The monoisotopic (exact) mass is 380 g/mol. The number of hydrogen-bond acceptors (Lipinski definition) is 7. The van der Waals surface area contributed by atoms with Gasteiger partial charge in [-0.05, 0) is 36.8 Å². The maximum absolute atomic E-state index is 12.8. The summed E-state index contributed by atoms with van der Waals surface area (Å²) in [6, 6.07) is 11.5. The Hall–Kier alpha value is -3.26. The summed E-state index contributed by atoms with van der Waals surface area (Å²) in [5.41, 5.74) is 3.63. The molecule has 0 aliphatic rings. The molecule has 0 aliphatic carbocycles. The first kappa shape index (κ1) is 17.2. The fourth-order valence-corrected chi connectivity index (χ4v) is 3.21. The van der Waals surface area contributed by atoms with Crippen molar-refractivity contribution in [2.24, 2.45) is 0 Å². The van der Waals surface area contributed by atoms with Crippen molar-refractivity contribution in [3.05, 3.63) is 64.5 Å². The average Bonchev–Trinajstić information content (AvgIpc) is 3.29. The van der Waals surface area contributed by atoms with Crippen molar-refractivity contribution < 1.29 is 14.1 Å². The van der Waals surface area contributed by atoms with E-state index < -0.39 is 0 Å². The van der Waals surface area contributed by atoms with E-state index in [4.69, 9.17) is 9.26 Å². The number of aromatic nitrogens is 3. The topological polar surface area (TPSA) is 90.1 Å². The van der Waals surface area contributed by atoms with E-state index >= 15 is 0 Å². The van der Waals surface area contributed by atoms with Gasteiger partial charge in [0, 0.05) is 0 Å². The SMILES string of the molecule is Cc1noc(C)c1COc1cc2ccccc2cc1C(=O)Nc1nncs1.